The number of ether oxygens (including phenoxy) is 1. The quantitative estimate of drug-likeness (QED) is 0.539. The fraction of sp³-hybridized carbons (Fsp3) is 0.625. The van der Waals surface area contributed by atoms with E-state index < -0.39 is 6.10 Å². The van der Waals surface area contributed by atoms with Crippen LogP contribution in [0.3, 0.4) is 0 Å². The summed E-state index contributed by atoms with van der Waals surface area (Å²) < 4.78 is 5.51. The van der Waals surface area contributed by atoms with Crippen molar-refractivity contribution >= 4 is 35.0 Å². The molecule has 1 aromatic carbocycles. The molecule has 120 valence electrons. The van der Waals surface area contributed by atoms with Crippen molar-refractivity contribution in [2.24, 2.45) is 0 Å². The third-order valence-corrected chi connectivity index (χ3v) is 4.97. The minimum Gasteiger partial charge on any atom is -0.491 e. The van der Waals surface area contributed by atoms with Crippen LogP contribution in [-0.4, -0.2) is 29.3 Å². The normalized spacial score (nSPS) is 12.4. The van der Waals surface area contributed by atoms with Gasteiger partial charge in [0.1, 0.15) is 12.4 Å². The van der Waals surface area contributed by atoms with Gasteiger partial charge in [0.05, 0.1) is 16.1 Å². The van der Waals surface area contributed by atoms with Crippen LogP contribution in [0.1, 0.15) is 39.0 Å². The summed E-state index contributed by atoms with van der Waals surface area (Å²) in [5, 5.41) is 10.8. The number of aliphatic hydroxyl groups excluding tert-OH is 1. The number of halogens is 2. The lowest BCUT2D eigenvalue weighted by molar-refractivity contribution is 0.126. The fourth-order valence-corrected chi connectivity index (χ4v) is 3.07. The highest BCUT2D eigenvalue weighted by molar-refractivity contribution is 7.99. The predicted molar refractivity (Wildman–Crippen MR) is 94.0 cm³/mol. The van der Waals surface area contributed by atoms with Crippen molar-refractivity contribution in [3.05, 3.63) is 28.2 Å². The van der Waals surface area contributed by atoms with E-state index in [9.17, 15) is 5.11 Å². The minimum atomic E-state index is -0.458. The Balaban J connectivity index is 2.08. The van der Waals surface area contributed by atoms with Gasteiger partial charge in [-0.15, -0.1) is 0 Å². The van der Waals surface area contributed by atoms with Crippen LogP contribution in [0.25, 0.3) is 0 Å². The first-order chi connectivity index (χ1) is 10.1. The molecule has 1 N–H and O–H groups in total. The van der Waals surface area contributed by atoms with E-state index in [2.05, 4.69) is 6.92 Å². The van der Waals surface area contributed by atoms with E-state index in [0.29, 0.717) is 21.5 Å². The molecule has 1 aromatic rings. The smallest absolute Gasteiger partial charge is 0.121 e. The van der Waals surface area contributed by atoms with Crippen LogP contribution >= 0.6 is 35.0 Å². The molecule has 0 fully saturated rings. The number of thioether (sulfide) groups is 1. The molecule has 2 nitrogen and oxygen atoms in total. The standard InChI is InChI=1S/C16H24Cl2O2S/c1-2-3-4-5-6-9-21-12-13(19)11-20-14-7-8-15(17)16(18)10-14/h7-8,10,13,19H,2-6,9,11-12H2,1H3. The number of hydrogen-bond acceptors (Lipinski definition) is 3. The molecule has 0 radical (unpaired) electrons. The van der Waals surface area contributed by atoms with Gasteiger partial charge < -0.3 is 9.84 Å². The van der Waals surface area contributed by atoms with Crippen LogP contribution in [0.5, 0.6) is 5.75 Å². The topological polar surface area (TPSA) is 29.5 Å². The summed E-state index contributed by atoms with van der Waals surface area (Å²) in [6.45, 7) is 2.50. The molecule has 0 aliphatic carbocycles. The fourth-order valence-electron chi connectivity index (χ4n) is 1.83. The maximum Gasteiger partial charge on any atom is 0.121 e. The van der Waals surface area contributed by atoms with Crippen LogP contribution in [-0.2, 0) is 0 Å². The lowest BCUT2D eigenvalue weighted by atomic mass is 10.2. The van der Waals surface area contributed by atoms with E-state index in [1.54, 1.807) is 30.0 Å². The summed E-state index contributed by atoms with van der Waals surface area (Å²) >= 11 is 13.5. The first-order valence-electron chi connectivity index (χ1n) is 7.47. The minimum absolute atomic E-state index is 0.279. The van der Waals surface area contributed by atoms with Crippen molar-refractivity contribution in [1.29, 1.82) is 0 Å². The average molecular weight is 351 g/mol. The van der Waals surface area contributed by atoms with Gasteiger partial charge in [-0.25, -0.2) is 0 Å². The maximum absolute atomic E-state index is 9.87. The van der Waals surface area contributed by atoms with Crippen LogP contribution in [0, 0.1) is 0 Å². The van der Waals surface area contributed by atoms with E-state index in [1.807, 2.05) is 0 Å². The molecule has 0 bridgehead atoms. The van der Waals surface area contributed by atoms with Gasteiger partial charge in [0.2, 0.25) is 0 Å². The molecule has 5 heteroatoms. The van der Waals surface area contributed by atoms with Gasteiger partial charge in [-0.3, -0.25) is 0 Å². The van der Waals surface area contributed by atoms with E-state index in [0.717, 1.165) is 5.75 Å². The number of unbranched alkanes of at least 4 members (excludes halogenated alkanes) is 4. The Kier molecular flexibility index (Phi) is 10.4. The second-order valence-electron chi connectivity index (χ2n) is 5.03. The van der Waals surface area contributed by atoms with E-state index in [-0.39, 0.29) is 6.61 Å². The summed E-state index contributed by atoms with van der Waals surface area (Å²) in [6, 6.07) is 5.11. The second kappa shape index (κ2) is 11.5. The highest BCUT2D eigenvalue weighted by Gasteiger charge is 2.06. The highest BCUT2D eigenvalue weighted by atomic mass is 35.5. The number of aliphatic hydroxyl groups is 1. The summed E-state index contributed by atoms with van der Waals surface area (Å²) in [7, 11) is 0. The van der Waals surface area contributed by atoms with E-state index in [1.165, 1.54) is 32.1 Å². The van der Waals surface area contributed by atoms with Crippen LogP contribution in [0.4, 0.5) is 0 Å². The Morgan fingerprint density at radius 3 is 2.62 bits per heavy atom. The molecule has 0 aliphatic rings. The SMILES string of the molecule is CCCCCCCSCC(O)COc1ccc(Cl)c(Cl)c1. The van der Waals surface area contributed by atoms with Crippen molar-refractivity contribution in [3.8, 4) is 5.75 Å². The zero-order valence-corrected chi connectivity index (χ0v) is 14.8. The van der Waals surface area contributed by atoms with Gasteiger partial charge >= 0.3 is 0 Å². The van der Waals surface area contributed by atoms with E-state index in [4.69, 9.17) is 27.9 Å². The highest BCUT2D eigenvalue weighted by Crippen LogP contribution is 2.26. The zero-order chi connectivity index (χ0) is 15.5. The molecule has 0 spiro atoms. The molecule has 0 saturated carbocycles. The van der Waals surface area contributed by atoms with Crippen molar-refractivity contribution in [2.45, 2.75) is 45.1 Å². The van der Waals surface area contributed by atoms with E-state index >= 15 is 0 Å². The number of rotatable bonds is 11. The average Bonchev–Trinajstić information content (AvgIpc) is 2.47. The molecule has 0 saturated heterocycles. The number of hydrogen-bond donors (Lipinski definition) is 1. The first-order valence-corrected chi connectivity index (χ1v) is 9.38. The molecule has 0 aliphatic heterocycles. The third-order valence-electron chi connectivity index (χ3n) is 3.04. The van der Waals surface area contributed by atoms with Gasteiger partial charge in [-0.2, -0.15) is 11.8 Å². The van der Waals surface area contributed by atoms with Gasteiger partial charge in [0, 0.05) is 11.8 Å². The van der Waals surface area contributed by atoms with Crippen LogP contribution in [0.15, 0.2) is 18.2 Å². The molecule has 0 heterocycles. The molecule has 1 unspecified atom stereocenters. The van der Waals surface area contributed by atoms with Gasteiger partial charge in [-0.05, 0) is 24.3 Å². The zero-order valence-electron chi connectivity index (χ0n) is 12.5. The van der Waals surface area contributed by atoms with Gasteiger partial charge in [-0.1, -0.05) is 55.8 Å². The first kappa shape index (κ1) is 19.0. The molecule has 1 atom stereocenters. The Hall–Kier alpha value is -0.0900. The lowest BCUT2D eigenvalue weighted by Gasteiger charge is -2.12. The van der Waals surface area contributed by atoms with Gasteiger partial charge in [0.15, 0.2) is 0 Å². The van der Waals surface area contributed by atoms with Crippen molar-refractivity contribution in [1.82, 2.24) is 0 Å². The summed E-state index contributed by atoms with van der Waals surface area (Å²) in [5.41, 5.74) is 0. The van der Waals surface area contributed by atoms with Crippen molar-refractivity contribution in [3.63, 3.8) is 0 Å². The lowest BCUT2D eigenvalue weighted by Crippen LogP contribution is -2.20. The third kappa shape index (κ3) is 8.82. The number of benzene rings is 1. The van der Waals surface area contributed by atoms with Crippen molar-refractivity contribution < 1.29 is 9.84 Å². The Morgan fingerprint density at radius 2 is 1.90 bits per heavy atom. The molecule has 21 heavy (non-hydrogen) atoms. The molecule has 1 rings (SSSR count). The predicted octanol–water partition coefficient (Wildman–Crippen LogP) is 5.44. The molecule has 0 amide bonds. The Labute approximate surface area is 142 Å². The molecular formula is C16H24Cl2O2S. The summed E-state index contributed by atoms with van der Waals surface area (Å²) in [4.78, 5) is 0. The monoisotopic (exact) mass is 350 g/mol. The maximum atomic E-state index is 9.87. The van der Waals surface area contributed by atoms with Crippen molar-refractivity contribution in [2.75, 3.05) is 18.1 Å². The Morgan fingerprint density at radius 1 is 1.14 bits per heavy atom. The molecule has 0 aromatic heterocycles. The van der Waals surface area contributed by atoms with Gasteiger partial charge in [0.25, 0.3) is 0 Å². The van der Waals surface area contributed by atoms with Crippen LogP contribution < -0.4 is 4.74 Å². The summed E-state index contributed by atoms with van der Waals surface area (Å²) in [5.74, 6) is 2.44. The molecular weight excluding hydrogens is 327 g/mol. The van der Waals surface area contributed by atoms with Crippen LogP contribution in [0.2, 0.25) is 10.0 Å². The second-order valence-corrected chi connectivity index (χ2v) is 6.99. The largest absolute Gasteiger partial charge is 0.491 e. The Bertz CT molecular complexity index is 402. The summed E-state index contributed by atoms with van der Waals surface area (Å²) in [6.07, 6.45) is 5.98.